The summed E-state index contributed by atoms with van der Waals surface area (Å²) in [5, 5.41) is 3.78. The van der Waals surface area contributed by atoms with Gasteiger partial charge in [-0.3, -0.25) is 0 Å². The molecule has 0 aromatic carbocycles. The lowest BCUT2D eigenvalue weighted by Crippen LogP contribution is -2.39. The van der Waals surface area contributed by atoms with Crippen molar-refractivity contribution in [1.29, 1.82) is 0 Å². The van der Waals surface area contributed by atoms with E-state index in [1.165, 1.54) is 32.1 Å². The molecule has 134 valence electrons. The first kappa shape index (κ1) is 18.6. The summed E-state index contributed by atoms with van der Waals surface area (Å²) in [6, 6.07) is 0.555. The standard InChI is InChI=1S/C19H36N2O2/c1-15-7-5-8-16(13-15)14-20-17-9-6-11-21(12-10-17)18(22)23-19(2,3)4/h15-17,20H,5-14H2,1-4H3. The van der Waals surface area contributed by atoms with Crippen molar-refractivity contribution in [1.82, 2.24) is 10.2 Å². The predicted octanol–water partition coefficient (Wildman–Crippen LogP) is 4.19. The Kier molecular flexibility index (Phi) is 6.75. The van der Waals surface area contributed by atoms with E-state index in [2.05, 4.69) is 12.2 Å². The third-order valence-electron chi connectivity index (χ3n) is 5.12. The second-order valence-electron chi connectivity index (χ2n) is 8.64. The van der Waals surface area contributed by atoms with E-state index in [0.717, 1.165) is 44.3 Å². The Labute approximate surface area is 142 Å². The van der Waals surface area contributed by atoms with Gasteiger partial charge in [0.1, 0.15) is 5.60 Å². The summed E-state index contributed by atoms with van der Waals surface area (Å²) in [6.45, 7) is 11.0. The highest BCUT2D eigenvalue weighted by Gasteiger charge is 2.26. The van der Waals surface area contributed by atoms with Gasteiger partial charge in [-0.15, -0.1) is 0 Å². The molecule has 0 aromatic rings. The highest BCUT2D eigenvalue weighted by atomic mass is 16.6. The smallest absolute Gasteiger partial charge is 0.410 e. The van der Waals surface area contributed by atoms with Crippen molar-refractivity contribution in [3.63, 3.8) is 0 Å². The topological polar surface area (TPSA) is 41.6 Å². The van der Waals surface area contributed by atoms with Crippen molar-refractivity contribution in [2.45, 2.75) is 84.3 Å². The van der Waals surface area contributed by atoms with E-state index in [1.807, 2.05) is 25.7 Å². The molecule has 2 rings (SSSR count). The lowest BCUT2D eigenvalue weighted by molar-refractivity contribution is 0.0256. The van der Waals surface area contributed by atoms with Crippen LogP contribution in [0, 0.1) is 11.8 Å². The SMILES string of the molecule is CC1CCCC(CNC2CCCN(C(=O)OC(C)(C)C)CC2)C1. The van der Waals surface area contributed by atoms with E-state index in [1.54, 1.807) is 0 Å². The van der Waals surface area contributed by atoms with Crippen LogP contribution in [0.15, 0.2) is 0 Å². The molecule has 3 unspecified atom stereocenters. The Morgan fingerprint density at radius 3 is 2.61 bits per heavy atom. The van der Waals surface area contributed by atoms with E-state index in [4.69, 9.17) is 4.74 Å². The molecule has 0 spiro atoms. The van der Waals surface area contributed by atoms with E-state index in [-0.39, 0.29) is 6.09 Å². The molecule has 4 nitrogen and oxygen atoms in total. The summed E-state index contributed by atoms with van der Waals surface area (Å²) in [7, 11) is 0. The monoisotopic (exact) mass is 324 g/mol. The van der Waals surface area contributed by atoms with Crippen molar-refractivity contribution >= 4 is 6.09 Å². The molecule has 4 heteroatoms. The molecule has 0 bridgehead atoms. The zero-order valence-corrected chi connectivity index (χ0v) is 15.6. The van der Waals surface area contributed by atoms with Crippen LogP contribution < -0.4 is 5.32 Å². The fourth-order valence-corrected chi connectivity index (χ4v) is 3.89. The number of carbonyl (C=O) groups is 1. The number of rotatable bonds is 3. The third-order valence-corrected chi connectivity index (χ3v) is 5.12. The van der Waals surface area contributed by atoms with Gasteiger partial charge >= 0.3 is 6.09 Å². The summed E-state index contributed by atoms with van der Waals surface area (Å²) < 4.78 is 5.50. The Morgan fingerprint density at radius 2 is 1.91 bits per heavy atom. The van der Waals surface area contributed by atoms with Crippen LogP contribution in [-0.4, -0.2) is 42.3 Å². The van der Waals surface area contributed by atoms with Gasteiger partial charge in [0.15, 0.2) is 0 Å². The number of hydrogen-bond donors (Lipinski definition) is 1. The van der Waals surface area contributed by atoms with Gasteiger partial charge in [0, 0.05) is 19.1 Å². The van der Waals surface area contributed by atoms with Crippen LogP contribution in [-0.2, 0) is 4.74 Å². The quantitative estimate of drug-likeness (QED) is 0.846. The van der Waals surface area contributed by atoms with Crippen LogP contribution in [0.5, 0.6) is 0 Å². The van der Waals surface area contributed by atoms with Gasteiger partial charge in [0.2, 0.25) is 0 Å². The van der Waals surface area contributed by atoms with E-state index < -0.39 is 5.60 Å². The fraction of sp³-hybridized carbons (Fsp3) is 0.947. The fourth-order valence-electron chi connectivity index (χ4n) is 3.89. The van der Waals surface area contributed by atoms with Gasteiger partial charge in [-0.25, -0.2) is 4.79 Å². The molecular weight excluding hydrogens is 288 g/mol. The maximum absolute atomic E-state index is 12.2. The Balaban J connectivity index is 1.72. The minimum atomic E-state index is -0.404. The lowest BCUT2D eigenvalue weighted by Gasteiger charge is -2.29. The molecule has 3 atom stereocenters. The molecule has 1 aliphatic carbocycles. The molecule has 1 saturated carbocycles. The average molecular weight is 325 g/mol. The second-order valence-corrected chi connectivity index (χ2v) is 8.64. The highest BCUT2D eigenvalue weighted by molar-refractivity contribution is 5.68. The van der Waals surface area contributed by atoms with Crippen molar-refractivity contribution in [2.24, 2.45) is 11.8 Å². The minimum Gasteiger partial charge on any atom is -0.444 e. The molecule has 1 aliphatic heterocycles. The van der Waals surface area contributed by atoms with Gasteiger partial charge in [-0.05, 0) is 71.3 Å². The molecule has 0 radical (unpaired) electrons. The summed E-state index contributed by atoms with van der Waals surface area (Å²) in [4.78, 5) is 14.1. The first-order chi connectivity index (χ1) is 10.8. The van der Waals surface area contributed by atoms with Crippen LogP contribution in [0.1, 0.15) is 72.6 Å². The Morgan fingerprint density at radius 1 is 1.13 bits per heavy atom. The van der Waals surface area contributed by atoms with Crippen molar-refractivity contribution in [2.75, 3.05) is 19.6 Å². The van der Waals surface area contributed by atoms with Crippen molar-refractivity contribution in [3.05, 3.63) is 0 Å². The van der Waals surface area contributed by atoms with E-state index >= 15 is 0 Å². The molecule has 1 amide bonds. The summed E-state index contributed by atoms with van der Waals surface area (Å²) in [6.07, 6.45) is 8.69. The van der Waals surface area contributed by atoms with Crippen molar-refractivity contribution in [3.8, 4) is 0 Å². The Bertz CT molecular complexity index is 378. The molecule has 23 heavy (non-hydrogen) atoms. The second kappa shape index (κ2) is 8.36. The van der Waals surface area contributed by atoms with Crippen LogP contribution in [0.25, 0.3) is 0 Å². The molecule has 1 saturated heterocycles. The van der Waals surface area contributed by atoms with Gasteiger partial charge in [-0.2, -0.15) is 0 Å². The molecule has 1 N–H and O–H groups in total. The first-order valence-corrected chi connectivity index (χ1v) is 9.55. The summed E-state index contributed by atoms with van der Waals surface area (Å²) >= 11 is 0. The number of nitrogens with zero attached hydrogens (tertiary/aromatic N) is 1. The highest BCUT2D eigenvalue weighted by Crippen LogP contribution is 2.28. The molecule has 1 heterocycles. The number of ether oxygens (including phenoxy) is 1. The predicted molar refractivity (Wildman–Crippen MR) is 94.6 cm³/mol. The van der Waals surface area contributed by atoms with Crippen molar-refractivity contribution < 1.29 is 9.53 Å². The maximum Gasteiger partial charge on any atom is 0.410 e. The third kappa shape index (κ3) is 6.70. The van der Waals surface area contributed by atoms with Gasteiger partial charge in [0.25, 0.3) is 0 Å². The first-order valence-electron chi connectivity index (χ1n) is 9.55. The minimum absolute atomic E-state index is 0.153. The Hall–Kier alpha value is -0.770. The van der Waals surface area contributed by atoms with Crippen LogP contribution in [0.2, 0.25) is 0 Å². The van der Waals surface area contributed by atoms with E-state index in [0.29, 0.717) is 6.04 Å². The summed E-state index contributed by atoms with van der Waals surface area (Å²) in [5.74, 6) is 1.75. The van der Waals surface area contributed by atoms with Gasteiger partial charge < -0.3 is 15.0 Å². The molecule has 0 aromatic heterocycles. The number of hydrogen-bond acceptors (Lipinski definition) is 3. The maximum atomic E-state index is 12.2. The van der Waals surface area contributed by atoms with Crippen LogP contribution >= 0.6 is 0 Å². The average Bonchev–Trinajstić information content (AvgIpc) is 2.69. The number of amides is 1. The largest absolute Gasteiger partial charge is 0.444 e. The number of nitrogens with one attached hydrogen (secondary N) is 1. The zero-order valence-electron chi connectivity index (χ0n) is 15.6. The van der Waals surface area contributed by atoms with Gasteiger partial charge in [-0.1, -0.05) is 19.8 Å². The normalized spacial score (nSPS) is 29.9. The van der Waals surface area contributed by atoms with Crippen LogP contribution in [0.4, 0.5) is 4.79 Å². The van der Waals surface area contributed by atoms with Gasteiger partial charge in [0.05, 0.1) is 0 Å². The number of likely N-dealkylation sites (tertiary alicyclic amines) is 1. The van der Waals surface area contributed by atoms with Crippen LogP contribution in [0.3, 0.4) is 0 Å². The summed E-state index contributed by atoms with van der Waals surface area (Å²) in [5.41, 5.74) is -0.404. The van der Waals surface area contributed by atoms with E-state index in [9.17, 15) is 4.79 Å². The lowest BCUT2D eigenvalue weighted by atomic mass is 9.82. The molecular formula is C19H36N2O2. The molecule has 2 fully saturated rings. The number of carbonyl (C=O) groups excluding carboxylic acids is 1. The molecule has 2 aliphatic rings. The zero-order chi connectivity index (χ0) is 16.9.